The molecule has 20 heavy (non-hydrogen) atoms. The largest absolute Gasteiger partial charge is 0.360 e. The molecule has 1 heterocycles. The minimum Gasteiger partial charge on any atom is -0.360 e. The van der Waals surface area contributed by atoms with Crippen molar-refractivity contribution in [3.8, 4) is 0 Å². The van der Waals surface area contributed by atoms with Gasteiger partial charge in [-0.2, -0.15) is 0 Å². The summed E-state index contributed by atoms with van der Waals surface area (Å²) in [4.78, 5) is 7.14. The van der Waals surface area contributed by atoms with E-state index in [1.807, 2.05) is 7.05 Å². The van der Waals surface area contributed by atoms with E-state index in [1.54, 1.807) is 0 Å². The molecule has 0 aliphatic rings. The van der Waals surface area contributed by atoms with Gasteiger partial charge in [0.05, 0.1) is 0 Å². The van der Waals surface area contributed by atoms with Gasteiger partial charge in [-0.1, -0.05) is 34.6 Å². The number of anilines is 1. The van der Waals surface area contributed by atoms with Gasteiger partial charge in [0.2, 0.25) is 0 Å². The topological polar surface area (TPSA) is 28.2 Å². The fourth-order valence-corrected chi connectivity index (χ4v) is 2.02. The lowest BCUT2D eigenvalue weighted by atomic mass is 9.90. The summed E-state index contributed by atoms with van der Waals surface area (Å²) in [5, 5.41) is 3.23. The zero-order valence-electron chi connectivity index (χ0n) is 14.2. The zero-order valence-corrected chi connectivity index (χ0v) is 14.2. The molecule has 0 aliphatic heterocycles. The van der Waals surface area contributed by atoms with Crippen LogP contribution in [0.25, 0.3) is 0 Å². The van der Waals surface area contributed by atoms with E-state index in [2.05, 4.69) is 64.0 Å². The van der Waals surface area contributed by atoms with Gasteiger partial charge < -0.3 is 10.2 Å². The molecule has 0 aliphatic carbocycles. The second-order valence-corrected chi connectivity index (χ2v) is 7.10. The highest BCUT2D eigenvalue weighted by Crippen LogP contribution is 2.24. The summed E-state index contributed by atoms with van der Waals surface area (Å²) < 4.78 is 0. The molecule has 3 heteroatoms. The first-order chi connectivity index (χ1) is 9.24. The number of aromatic nitrogens is 1. The van der Waals surface area contributed by atoms with E-state index >= 15 is 0 Å². The summed E-state index contributed by atoms with van der Waals surface area (Å²) in [5.74, 6) is 1.81. The maximum Gasteiger partial charge on any atom is 0.128 e. The number of nitrogens with one attached hydrogen (secondary N) is 1. The Morgan fingerprint density at radius 2 is 1.90 bits per heavy atom. The number of hydrogen-bond acceptors (Lipinski definition) is 3. The van der Waals surface area contributed by atoms with Gasteiger partial charge in [0.1, 0.15) is 5.82 Å². The zero-order chi connectivity index (χ0) is 15.3. The number of rotatable bonds is 6. The van der Waals surface area contributed by atoms with Crippen LogP contribution in [0.2, 0.25) is 0 Å². The Morgan fingerprint density at radius 3 is 2.40 bits per heavy atom. The molecule has 0 saturated heterocycles. The fraction of sp³-hybridized carbons (Fsp3) is 0.706. The van der Waals surface area contributed by atoms with Gasteiger partial charge in [0.15, 0.2) is 0 Å². The SMILES string of the molecule is CNCc1cc(N(C)CCC(C)C)nc(C(C)(C)C)c1. The minimum atomic E-state index is 0.0807. The average Bonchev–Trinajstić information content (AvgIpc) is 2.34. The van der Waals surface area contributed by atoms with Crippen LogP contribution in [0.1, 0.15) is 52.3 Å². The molecular weight excluding hydrogens is 246 g/mol. The molecule has 0 amide bonds. The lowest BCUT2D eigenvalue weighted by Gasteiger charge is -2.24. The lowest BCUT2D eigenvalue weighted by molar-refractivity contribution is 0.561. The Kier molecular flexibility index (Phi) is 6.00. The van der Waals surface area contributed by atoms with Crippen LogP contribution in [-0.2, 0) is 12.0 Å². The van der Waals surface area contributed by atoms with Gasteiger partial charge in [0, 0.05) is 31.2 Å². The van der Waals surface area contributed by atoms with Gasteiger partial charge in [-0.25, -0.2) is 4.98 Å². The molecule has 0 atom stereocenters. The van der Waals surface area contributed by atoms with Crippen molar-refractivity contribution in [2.24, 2.45) is 5.92 Å². The first-order valence-corrected chi connectivity index (χ1v) is 7.61. The predicted octanol–water partition coefficient (Wildman–Crippen LogP) is 3.58. The van der Waals surface area contributed by atoms with E-state index in [-0.39, 0.29) is 5.41 Å². The molecule has 114 valence electrons. The molecule has 0 saturated carbocycles. The van der Waals surface area contributed by atoms with Crippen molar-refractivity contribution in [2.75, 3.05) is 25.5 Å². The van der Waals surface area contributed by atoms with Crippen molar-refractivity contribution in [3.05, 3.63) is 23.4 Å². The van der Waals surface area contributed by atoms with Crippen LogP contribution in [0.15, 0.2) is 12.1 Å². The van der Waals surface area contributed by atoms with Crippen LogP contribution in [0.4, 0.5) is 5.82 Å². The Hall–Kier alpha value is -1.09. The smallest absolute Gasteiger partial charge is 0.128 e. The average molecular weight is 277 g/mol. The number of nitrogens with zero attached hydrogens (tertiary/aromatic N) is 2. The molecule has 1 aromatic rings. The number of pyridine rings is 1. The second kappa shape index (κ2) is 7.07. The highest BCUT2D eigenvalue weighted by Gasteiger charge is 2.18. The van der Waals surface area contributed by atoms with Gasteiger partial charge in [0.25, 0.3) is 0 Å². The van der Waals surface area contributed by atoms with Crippen molar-refractivity contribution < 1.29 is 0 Å². The molecular formula is C17H31N3. The molecule has 0 fully saturated rings. The maximum absolute atomic E-state index is 4.86. The van der Waals surface area contributed by atoms with Crippen LogP contribution in [0, 0.1) is 5.92 Å². The van der Waals surface area contributed by atoms with Crippen molar-refractivity contribution in [1.82, 2.24) is 10.3 Å². The van der Waals surface area contributed by atoms with E-state index < -0.39 is 0 Å². The van der Waals surface area contributed by atoms with E-state index in [4.69, 9.17) is 4.98 Å². The molecule has 1 rings (SSSR count). The van der Waals surface area contributed by atoms with Crippen molar-refractivity contribution >= 4 is 5.82 Å². The minimum absolute atomic E-state index is 0.0807. The second-order valence-electron chi connectivity index (χ2n) is 7.10. The van der Waals surface area contributed by atoms with Crippen LogP contribution < -0.4 is 10.2 Å². The molecule has 0 aromatic carbocycles. The summed E-state index contributed by atoms with van der Waals surface area (Å²) in [6.07, 6.45) is 1.19. The molecule has 1 N–H and O–H groups in total. The quantitative estimate of drug-likeness (QED) is 0.861. The Morgan fingerprint density at radius 1 is 1.25 bits per heavy atom. The van der Waals surface area contributed by atoms with Crippen molar-refractivity contribution in [2.45, 2.75) is 53.0 Å². The summed E-state index contributed by atoms with van der Waals surface area (Å²) in [6.45, 7) is 13.1. The fourth-order valence-electron chi connectivity index (χ4n) is 2.02. The standard InChI is InChI=1S/C17H31N3/c1-13(2)8-9-20(7)16-11-14(12-18-6)10-15(19-16)17(3,4)5/h10-11,13,18H,8-9,12H2,1-7H3. The van der Waals surface area contributed by atoms with Gasteiger partial charge in [-0.15, -0.1) is 0 Å². The summed E-state index contributed by atoms with van der Waals surface area (Å²) in [6, 6.07) is 4.42. The predicted molar refractivity (Wildman–Crippen MR) is 88.4 cm³/mol. The van der Waals surface area contributed by atoms with E-state index in [9.17, 15) is 0 Å². The summed E-state index contributed by atoms with van der Waals surface area (Å²) >= 11 is 0. The normalized spacial score (nSPS) is 12.0. The third-order valence-electron chi connectivity index (χ3n) is 3.45. The highest BCUT2D eigenvalue weighted by molar-refractivity contribution is 5.43. The molecule has 0 spiro atoms. The van der Waals surface area contributed by atoms with Gasteiger partial charge in [-0.05, 0) is 37.1 Å². The van der Waals surface area contributed by atoms with Crippen LogP contribution in [-0.4, -0.2) is 25.6 Å². The molecule has 0 radical (unpaired) electrons. The van der Waals surface area contributed by atoms with E-state index in [1.165, 1.54) is 12.0 Å². The maximum atomic E-state index is 4.86. The molecule has 3 nitrogen and oxygen atoms in total. The van der Waals surface area contributed by atoms with Crippen LogP contribution in [0.5, 0.6) is 0 Å². The summed E-state index contributed by atoms with van der Waals surface area (Å²) in [7, 11) is 4.12. The van der Waals surface area contributed by atoms with E-state index in [0.717, 1.165) is 30.5 Å². The Balaban J connectivity index is 3.02. The van der Waals surface area contributed by atoms with Crippen LogP contribution >= 0.6 is 0 Å². The van der Waals surface area contributed by atoms with Crippen molar-refractivity contribution in [1.29, 1.82) is 0 Å². The molecule has 0 unspecified atom stereocenters. The Bertz CT molecular complexity index is 419. The van der Waals surface area contributed by atoms with Crippen molar-refractivity contribution in [3.63, 3.8) is 0 Å². The molecule has 1 aromatic heterocycles. The first-order valence-electron chi connectivity index (χ1n) is 7.61. The molecule has 0 bridgehead atoms. The highest BCUT2D eigenvalue weighted by atomic mass is 15.2. The monoisotopic (exact) mass is 277 g/mol. The van der Waals surface area contributed by atoms with Gasteiger partial charge >= 0.3 is 0 Å². The summed E-state index contributed by atoms with van der Waals surface area (Å²) in [5.41, 5.74) is 2.55. The third-order valence-corrected chi connectivity index (χ3v) is 3.45. The first kappa shape index (κ1) is 17.0. The van der Waals surface area contributed by atoms with Crippen LogP contribution in [0.3, 0.4) is 0 Å². The van der Waals surface area contributed by atoms with E-state index in [0.29, 0.717) is 0 Å². The number of hydrogen-bond donors (Lipinski definition) is 1. The van der Waals surface area contributed by atoms with Gasteiger partial charge in [-0.3, -0.25) is 0 Å². The third kappa shape index (κ3) is 5.12. The Labute approximate surface area is 124 Å². The lowest BCUT2D eigenvalue weighted by Crippen LogP contribution is -2.24.